The Kier molecular flexibility index (Phi) is 14.5. The molecule has 0 radical (unpaired) electrons. The molecule has 0 unspecified atom stereocenters. The average molecular weight is 312 g/mol. The smallest absolute Gasteiger partial charge is 0.0101 e. The van der Waals surface area contributed by atoms with E-state index < -0.39 is 0 Å². The Morgan fingerprint density at radius 3 is 1.23 bits per heavy atom. The van der Waals surface area contributed by atoms with Crippen LogP contribution in [0.3, 0.4) is 0 Å². The summed E-state index contributed by atoms with van der Waals surface area (Å²) in [5.74, 6) is 0. The van der Waals surface area contributed by atoms with Crippen molar-refractivity contribution in [2.45, 2.75) is 137 Å². The van der Waals surface area contributed by atoms with Gasteiger partial charge in [-0.05, 0) is 40.5 Å². The van der Waals surface area contributed by atoms with Crippen LogP contribution in [0.15, 0.2) is 0 Å². The lowest BCUT2D eigenvalue weighted by Gasteiger charge is -2.38. The first-order chi connectivity index (χ1) is 10.5. The Hall–Kier alpha value is -0.0400. The summed E-state index contributed by atoms with van der Waals surface area (Å²) in [5.41, 5.74) is 0. The second-order valence-corrected chi connectivity index (χ2v) is 7.69. The lowest BCUT2D eigenvalue weighted by Crippen LogP contribution is -2.45. The van der Waals surface area contributed by atoms with Crippen LogP contribution in [0.2, 0.25) is 0 Å². The number of hydrogen-bond acceptors (Lipinski definition) is 1. The monoisotopic (exact) mass is 311 g/mol. The normalized spacial score (nSPS) is 12.3. The van der Waals surface area contributed by atoms with Crippen molar-refractivity contribution in [1.29, 1.82) is 0 Å². The molecule has 0 aromatic heterocycles. The first-order valence-corrected chi connectivity index (χ1v) is 10.3. The molecule has 134 valence electrons. The Balaban J connectivity index is 4.28. The molecule has 0 heterocycles. The van der Waals surface area contributed by atoms with Crippen LogP contribution in [0, 0.1) is 0 Å². The molecule has 0 atom stereocenters. The van der Waals surface area contributed by atoms with Crippen molar-refractivity contribution in [3.8, 4) is 0 Å². The average Bonchev–Trinajstić information content (AvgIpc) is 2.45. The summed E-state index contributed by atoms with van der Waals surface area (Å²) >= 11 is 0. The van der Waals surface area contributed by atoms with Crippen molar-refractivity contribution < 1.29 is 0 Å². The molecule has 0 fully saturated rings. The standard InChI is InChI=1S/C21H45N/c1-7-9-11-13-15-17-21(18-16-14-12-10-8-2)22(19(3)4)20(5)6/h19-21H,7-18H2,1-6H3. The van der Waals surface area contributed by atoms with Crippen LogP contribution < -0.4 is 0 Å². The van der Waals surface area contributed by atoms with Crippen LogP contribution >= 0.6 is 0 Å². The Morgan fingerprint density at radius 1 is 0.545 bits per heavy atom. The SMILES string of the molecule is CCCCCCCC(CCCCCCC)N(C(C)C)C(C)C. The molecule has 0 amide bonds. The van der Waals surface area contributed by atoms with E-state index in [4.69, 9.17) is 0 Å². The number of unbranched alkanes of at least 4 members (excludes halogenated alkanes) is 8. The predicted molar refractivity (Wildman–Crippen MR) is 103 cm³/mol. The summed E-state index contributed by atoms with van der Waals surface area (Å²) in [6, 6.07) is 2.16. The molecule has 1 nitrogen and oxygen atoms in total. The van der Waals surface area contributed by atoms with Crippen molar-refractivity contribution in [3.05, 3.63) is 0 Å². The van der Waals surface area contributed by atoms with E-state index in [2.05, 4.69) is 46.4 Å². The molecule has 0 saturated carbocycles. The molecule has 0 rings (SSSR count). The molecule has 0 spiro atoms. The van der Waals surface area contributed by atoms with Gasteiger partial charge < -0.3 is 0 Å². The Bertz CT molecular complexity index is 200. The van der Waals surface area contributed by atoms with E-state index in [0.29, 0.717) is 12.1 Å². The van der Waals surface area contributed by atoms with E-state index >= 15 is 0 Å². The van der Waals surface area contributed by atoms with E-state index in [1.807, 2.05) is 0 Å². The van der Waals surface area contributed by atoms with Gasteiger partial charge in [0.1, 0.15) is 0 Å². The summed E-state index contributed by atoms with van der Waals surface area (Å²) in [4.78, 5) is 2.78. The molecule has 0 N–H and O–H groups in total. The Labute approximate surface area is 142 Å². The van der Waals surface area contributed by atoms with Gasteiger partial charge in [-0.25, -0.2) is 0 Å². The molecule has 0 aliphatic rings. The van der Waals surface area contributed by atoms with E-state index in [1.165, 1.54) is 77.0 Å². The van der Waals surface area contributed by atoms with Crippen molar-refractivity contribution in [3.63, 3.8) is 0 Å². The molecular formula is C21H45N. The summed E-state index contributed by atoms with van der Waals surface area (Å²) in [6.07, 6.45) is 16.9. The maximum Gasteiger partial charge on any atom is 0.0101 e. The zero-order valence-electron chi connectivity index (χ0n) is 16.7. The van der Waals surface area contributed by atoms with Crippen LogP contribution in [0.5, 0.6) is 0 Å². The molecule has 0 aromatic rings. The molecule has 22 heavy (non-hydrogen) atoms. The zero-order valence-corrected chi connectivity index (χ0v) is 16.7. The van der Waals surface area contributed by atoms with Gasteiger partial charge in [-0.1, -0.05) is 78.1 Å². The minimum absolute atomic E-state index is 0.677. The highest BCUT2D eigenvalue weighted by molar-refractivity contribution is 4.78. The van der Waals surface area contributed by atoms with Gasteiger partial charge in [0.25, 0.3) is 0 Å². The van der Waals surface area contributed by atoms with Gasteiger partial charge in [0.05, 0.1) is 0 Å². The number of nitrogens with zero attached hydrogens (tertiary/aromatic N) is 1. The topological polar surface area (TPSA) is 3.24 Å². The minimum Gasteiger partial charge on any atom is -0.296 e. The maximum absolute atomic E-state index is 2.78. The van der Waals surface area contributed by atoms with Gasteiger partial charge in [0, 0.05) is 18.1 Å². The van der Waals surface area contributed by atoms with Crippen molar-refractivity contribution in [2.75, 3.05) is 0 Å². The fraction of sp³-hybridized carbons (Fsp3) is 1.00. The molecule has 0 aromatic carbocycles. The van der Waals surface area contributed by atoms with Gasteiger partial charge in [-0.3, -0.25) is 4.90 Å². The summed E-state index contributed by atoms with van der Waals surface area (Å²) in [5, 5.41) is 0. The van der Waals surface area contributed by atoms with E-state index in [-0.39, 0.29) is 0 Å². The van der Waals surface area contributed by atoms with Crippen molar-refractivity contribution >= 4 is 0 Å². The van der Waals surface area contributed by atoms with E-state index in [1.54, 1.807) is 0 Å². The van der Waals surface area contributed by atoms with Crippen LogP contribution in [-0.4, -0.2) is 23.0 Å². The quantitative estimate of drug-likeness (QED) is 0.289. The highest BCUT2D eigenvalue weighted by Crippen LogP contribution is 2.22. The summed E-state index contributed by atoms with van der Waals surface area (Å²) < 4.78 is 0. The van der Waals surface area contributed by atoms with Gasteiger partial charge in [-0.2, -0.15) is 0 Å². The number of rotatable bonds is 15. The second kappa shape index (κ2) is 14.5. The Morgan fingerprint density at radius 2 is 0.909 bits per heavy atom. The number of hydrogen-bond donors (Lipinski definition) is 0. The van der Waals surface area contributed by atoms with Gasteiger partial charge in [0.2, 0.25) is 0 Å². The fourth-order valence-corrected chi connectivity index (χ4v) is 3.85. The van der Waals surface area contributed by atoms with Gasteiger partial charge >= 0.3 is 0 Å². The highest BCUT2D eigenvalue weighted by atomic mass is 15.2. The zero-order chi connectivity index (χ0) is 16.8. The fourth-order valence-electron chi connectivity index (χ4n) is 3.85. The second-order valence-electron chi connectivity index (χ2n) is 7.69. The van der Waals surface area contributed by atoms with Crippen LogP contribution in [0.1, 0.15) is 119 Å². The lowest BCUT2D eigenvalue weighted by atomic mass is 9.97. The largest absolute Gasteiger partial charge is 0.296 e. The summed E-state index contributed by atoms with van der Waals surface area (Å²) in [6.45, 7) is 14.1. The molecule has 0 aliphatic heterocycles. The van der Waals surface area contributed by atoms with Crippen LogP contribution in [0.4, 0.5) is 0 Å². The van der Waals surface area contributed by atoms with Crippen molar-refractivity contribution in [2.24, 2.45) is 0 Å². The summed E-state index contributed by atoms with van der Waals surface area (Å²) in [7, 11) is 0. The first-order valence-electron chi connectivity index (χ1n) is 10.3. The highest BCUT2D eigenvalue weighted by Gasteiger charge is 2.22. The van der Waals surface area contributed by atoms with E-state index in [9.17, 15) is 0 Å². The van der Waals surface area contributed by atoms with Gasteiger partial charge in [-0.15, -0.1) is 0 Å². The maximum atomic E-state index is 2.78. The molecule has 0 aliphatic carbocycles. The molecular weight excluding hydrogens is 266 g/mol. The minimum atomic E-state index is 0.677. The van der Waals surface area contributed by atoms with Crippen LogP contribution in [0.25, 0.3) is 0 Å². The molecule has 0 saturated heterocycles. The van der Waals surface area contributed by atoms with Crippen molar-refractivity contribution in [1.82, 2.24) is 4.90 Å². The third-order valence-corrected chi connectivity index (χ3v) is 4.90. The third kappa shape index (κ3) is 10.6. The van der Waals surface area contributed by atoms with Crippen LogP contribution in [-0.2, 0) is 0 Å². The molecule has 1 heteroatoms. The molecule has 0 bridgehead atoms. The van der Waals surface area contributed by atoms with E-state index in [0.717, 1.165) is 6.04 Å². The van der Waals surface area contributed by atoms with Gasteiger partial charge in [0.15, 0.2) is 0 Å². The first kappa shape index (κ1) is 22.0. The third-order valence-electron chi connectivity index (χ3n) is 4.90. The lowest BCUT2D eigenvalue weighted by molar-refractivity contribution is 0.0960. The predicted octanol–water partition coefficient (Wildman–Crippen LogP) is 7.19.